The SMILES string of the molecule is Cc1ccc(CC(O)c2ccc(Cl)cc2Br)cc1. The first-order chi connectivity index (χ1) is 8.56. The Balaban J connectivity index is 2.16. The van der Waals surface area contributed by atoms with Crippen LogP contribution in [0.15, 0.2) is 46.9 Å². The minimum Gasteiger partial charge on any atom is -0.388 e. The van der Waals surface area contributed by atoms with Gasteiger partial charge in [0.15, 0.2) is 0 Å². The van der Waals surface area contributed by atoms with Crippen LogP contribution in [0, 0.1) is 6.92 Å². The topological polar surface area (TPSA) is 20.2 Å². The summed E-state index contributed by atoms with van der Waals surface area (Å²) in [5.74, 6) is 0. The number of halogens is 2. The second kappa shape index (κ2) is 5.87. The molecule has 2 aromatic rings. The van der Waals surface area contributed by atoms with Crippen LogP contribution in [0.5, 0.6) is 0 Å². The molecule has 3 heteroatoms. The Kier molecular flexibility index (Phi) is 4.44. The van der Waals surface area contributed by atoms with Crippen molar-refractivity contribution in [1.29, 1.82) is 0 Å². The summed E-state index contributed by atoms with van der Waals surface area (Å²) in [7, 11) is 0. The smallest absolute Gasteiger partial charge is 0.0841 e. The highest BCUT2D eigenvalue weighted by Gasteiger charge is 2.12. The Hall–Kier alpha value is -0.830. The first-order valence-corrected chi connectivity index (χ1v) is 6.92. The highest BCUT2D eigenvalue weighted by Crippen LogP contribution is 2.28. The first kappa shape index (κ1) is 13.6. The number of hydrogen-bond acceptors (Lipinski definition) is 1. The number of aryl methyl sites for hydroxylation is 1. The molecule has 1 N–H and O–H groups in total. The molecular formula is C15H14BrClO. The molecule has 0 fully saturated rings. The molecule has 18 heavy (non-hydrogen) atoms. The lowest BCUT2D eigenvalue weighted by Gasteiger charge is -2.13. The second-order valence-corrected chi connectivity index (χ2v) is 5.66. The maximum absolute atomic E-state index is 10.2. The second-order valence-electron chi connectivity index (χ2n) is 4.37. The van der Waals surface area contributed by atoms with Gasteiger partial charge >= 0.3 is 0 Å². The van der Waals surface area contributed by atoms with Crippen LogP contribution in [-0.2, 0) is 6.42 Å². The van der Waals surface area contributed by atoms with Crippen molar-refractivity contribution < 1.29 is 5.11 Å². The summed E-state index contributed by atoms with van der Waals surface area (Å²) in [6, 6.07) is 13.6. The van der Waals surface area contributed by atoms with Gasteiger partial charge in [0.05, 0.1) is 6.10 Å². The lowest BCUT2D eigenvalue weighted by Crippen LogP contribution is -2.02. The predicted octanol–water partition coefficient (Wildman–Crippen LogP) is 4.69. The van der Waals surface area contributed by atoms with Gasteiger partial charge in [-0.3, -0.25) is 0 Å². The number of aliphatic hydroxyl groups is 1. The molecule has 0 amide bonds. The van der Waals surface area contributed by atoms with Gasteiger partial charge in [0.2, 0.25) is 0 Å². The van der Waals surface area contributed by atoms with Crippen molar-refractivity contribution in [3.63, 3.8) is 0 Å². The summed E-state index contributed by atoms with van der Waals surface area (Å²) >= 11 is 9.32. The van der Waals surface area contributed by atoms with Crippen molar-refractivity contribution >= 4 is 27.5 Å². The van der Waals surface area contributed by atoms with Crippen molar-refractivity contribution in [2.45, 2.75) is 19.4 Å². The quantitative estimate of drug-likeness (QED) is 0.868. The molecule has 0 aliphatic carbocycles. The third-order valence-corrected chi connectivity index (χ3v) is 3.79. The summed E-state index contributed by atoms with van der Waals surface area (Å²) in [6.45, 7) is 2.05. The van der Waals surface area contributed by atoms with Crippen LogP contribution >= 0.6 is 27.5 Å². The van der Waals surface area contributed by atoms with Crippen LogP contribution in [0.2, 0.25) is 5.02 Å². The Morgan fingerprint density at radius 2 is 1.83 bits per heavy atom. The van der Waals surface area contributed by atoms with Gasteiger partial charge in [-0.15, -0.1) is 0 Å². The Labute approximate surface area is 121 Å². The molecule has 1 unspecified atom stereocenters. The van der Waals surface area contributed by atoms with Gasteiger partial charge in [-0.1, -0.05) is 63.4 Å². The molecule has 1 nitrogen and oxygen atoms in total. The Morgan fingerprint density at radius 1 is 1.17 bits per heavy atom. The lowest BCUT2D eigenvalue weighted by atomic mass is 10.0. The fourth-order valence-corrected chi connectivity index (χ4v) is 2.78. The number of hydrogen-bond donors (Lipinski definition) is 1. The number of benzene rings is 2. The fraction of sp³-hybridized carbons (Fsp3) is 0.200. The van der Waals surface area contributed by atoms with E-state index in [2.05, 4.69) is 35.0 Å². The summed E-state index contributed by atoms with van der Waals surface area (Å²) in [5, 5.41) is 10.9. The molecule has 0 bridgehead atoms. The van der Waals surface area contributed by atoms with Crippen LogP contribution in [0.3, 0.4) is 0 Å². The highest BCUT2D eigenvalue weighted by atomic mass is 79.9. The monoisotopic (exact) mass is 324 g/mol. The molecule has 0 radical (unpaired) electrons. The van der Waals surface area contributed by atoms with E-state index in [9.17, 15) is 5.11 Å². The zero-order valence-electron chi connectivity index (χ0n) is 10.0. The molecule has 0 saturated carbocycles. The molecule has 94 valence electrons. The standard InChI is InChI=1S/C15H14BrClO/c1-10-2-4-11(5-3-10)8-15(18)13-7-6-12(17)9-14(13)16/h2-7,9,15,18H,8H2,1H3. The third kappa shape index (κ3) is 3.35. The third-order valence-electron chi connectivity index (χ3n) is 2.87. The van der Waals surface area contributed by atoms with Crippen molar-refractivity contribution in [2.24, 2.45) is 0 Å². The van der Waals surface area contributed by atoms with E-state index in [1.54, 1.807) is 12.1 Å². The van der Waals surface area contributed by atoms with Crippen molar-refractivity contribution in [2.75, 3.05) is 0 Å². The largest absolute Gasteiger partial charge is 0.388 e. The van der Waals surface area contributed by atoms with Crippen LogP contribution in [0.1, 0.15) is 22.8 Å². The molecular weight excluding hydrogens is 312 g/mol. The van der Waals surface area contributed by atoms with Gasteiger partial charge in [-0.05, 0) is 30.2 Å². The van der Waals surface area contributed by atoms with E-state index < -0.39 is 6.10 Å². The Morgan fingerprint density at radius 3 is 2.44 bits per heavy atom. The predicted molar refractivity (Wildman–Crippen MR) is 79.0 cm³/mol. The van der Waals surface area contributed by atoms with Gasteiger partial charge in [-0.2, -0.15) is 0 Å². The average molecular weight is 326 g/mol. The minimum absolute atomic E-state index is 0.528. The van der Waals surface area contributed by atoms with Gasteiger partial charge in [0.1, 0.15) is 0 Å². The summed E-state index contributed by atoms with van der Waals surface area (Å²) < 4.78 is 0.842. The first-order valence-electron chi connectivity index (χ1n) is 5.75. The van der Waals surface area contributed by atoms with Gasteiger partial charge in [0, 0.05) is 15.9 Å². The van der Waals surface area contributed by atoms with E-state index >= 15 is 0 Å². The van der Waals surface area contributed by atoms with Crippen molar-refractivity contribution in [3.05, 3.63) is 68.7 Å². The molecule has 0 aliphatic rings. The fourth-order valence-electron chi connectivity index (χ4n) is 1.83. The van der Waals surface area contributed by atoms with Crippen LogP contribution in [0.25, 0.3) is 0 Å². The molecule has 0 saturated heterocycles. The van der Waals surface area contributed by atoms with Crippen LogP contribution < -0.4 is 0 Å². The van der Waals surface area contributed by atoms with E-state index in [4.69, 9.17) is 11.6 Å². The van der Waals surface area contributed by atoms with Crippen molar-refractivity contribution in [1.82, 2.24) is 0 Å². The molecule has 1 atom stereocenters. The van der Waals surface area contributed by atoms with E-state index in [-0.39, 0.29) is 0 Å². The maximum Gasteiger partial charge on any atom is 0.0841 e. The van der Waals surface area contributed by atoms with Crippen LogP contribution in [-0.4, -0.2) is 5.11 Å². The number of rotatable bonds is 3. The molecule has 0 heterocycles. The van der Waals surface area contributed by atoms with Gasteiger partial charge in [0.25, 0.3) is 0 Å². The molecule has 2 aromatic carbocycles. The summed E-state index contributed by atoms with van der Waals surface area (Å²) in [4.78, 5) is 0. The van der Waals surface area contributed by atoms with Crippen LogP contribution in [0.4, 0.5) is 0 Å². The summed E-state index contributed by atoms with van der Waals surface area (Å²) in [6.07, 6.45) is 0.0693. The minimum atomic E-state index is -0.528. The number of aliphatic hydroxyl groups excluding tert-OH is 1. The van der Waals surface area contributed by atoms with Crippen molar-refractivity contribution in [3.8, 4) is 0 Å². The van der Waals surface area contributed by atoms with E-state index in [0.717, 1.165) is 15.6 Å². The Bertz CT molecular complexity index is 537. The van der Waals surface area contributed by atoms with Gasteiger partial charge < -0.3 is 5.11 Å². The molecule has 2 rings (SSSR count). The van der Waals surface area contributed by atoms with E-state index in [1.807, 2.05) is 18.2 Å². The zero-order valence-corrected chi connectivity index (χ0v) is 12.4. The maximum atomic E-state index is 10.2. The van der Waals surface area contributed by atoms with Gasteiger partial charge in [-0.25, -0.2) is 0 Å². The summed E-state index contributed by atoms with van der Waals surface area (Å²) in [5.41, 5.74) is 3.20. The van der Waals surface area contributed by atoms with E-state index in [1.165, 1.54) is 5.56 Å². The van der Waals surface area contributed by atoms with E-state index in [0.29, 0.717) is 11.4 Å². The molecule has 0 aromatic heterocycles. The molecule has 0 aliphatic heterocycles. The lowest BCUT2D eigenvalue weighted by molar-refractivity contribution is 0.177. The molecule has 0 spiro atoms. The zero-order chi connectivity index (χ0) is 13.1. The highest BCUT2D eigenvalue weighted by molar-refractivity contribution is 9.10. The average Bonchev–Trinajstić information content (AvgIpc) is 2.32. The normalized spacial score (nSPS) is 12.4.